The number of hydrogen-bond donors (Lipinski definition) is 1. The molecule has 96 valence electrons. The van der Waals surface area contributed by atoms with Crippen LogP contribution in [0.1, 0.15) is 16.7 Å². The highest BCUT2D eigenvalue weighted by Gasteiger charge is 2.04. The first-order valence-electron chi connectivity index (χ1n) is 5.81. The fourth-order valence-corrected chi connectivity index (χ4v) is 3.14. The summed E-state index contributed by atoms with van der Waals surface area (Å²) in [5.41, 5.74) is 10.5. The normalized spacial score (nSPS) is 11.1. The van der Waals surface area contributed by atoms with E-state index in [2.05, 4.69) is 58.4 Å². The second kappa shape index (κ2) is 5.87. The minimum atomic E-state index is 0.864. The summed E-state index contributed by atoms with van der Waals surface area (Å²) in [4.78, 5) is 2.31. The van der Waals surface area contributed by atoms with Crippen LogP contribution < -0.4 is 5.73 Å². The predicted octanol–water partition coefficient (Wildman–Crippen LogP) is 4.03. The molecule has 0 radical (unpaired) electrons. The number of nitrogens with two attached hydrogens (primary N) is 1. The predicted molar refractivity (Wildman–Crippen MR) is 82.8 cm³/mol. The number of benzene rings is 1. The van der Waals surface area contributed by atoms with E-state index < -0.39 is 0 Å². The van der Waals surface area contributed by atoms with Crippen molar-refractivity contribution in [3.8, 4) is 0 Å². The number of rotatable bonds is 4. The van der Waals surface area contributed by atoms with Gasteiger partial charge >= 0.3 is 0 Å². The van der Waals surface area contributed by atoms with Gasteiger partial charge in [-0.3, -0.25) is 4.90 Å². The Morgan fingerprint density at radius 1 is 1.22 bits per heavy atom. The van der Waals surface area contributed by atoms with Crippen molar-refractivity contribution < 1.29 is 0 Å². The summed E-state index contributed by atoms with van der Waals surface area (Å²) in [7, 11) is 2.14. The van der Waals surface area contributed by atoms with Crippen LogP contribution in [-0.2, 0) is 13.1 Å². The first-order valence-corrected chi connectivity index (χ1v) is 7.48. The summed E-state index contributed by atoms with van der Waals surface area (Å²) >= 11 is 5.22. The zero-order valence-corrected chi connectivity index (χ0v) is 13.0. The molecule has 4 heteroatoms. The molecule has 2 rings (SSSR count). The zero-order valence-electron chi connectivity index (χ0n) is 10.6. The van der Waals surface area contributed by atoms with Crippen LogP contribution in [0.15, 0.2) is 33.4 Å². The van der Waals surface area contributed by atoms with Crippen molar-refractivity contribution in [2.24, 2.45) is 0 Å². The number of nitrogens with zero attached hydrogens (tertiary/aromatic N) is 1. The maximum atomic E-state index is 5.83. The Morgan fingerprint density at radius 2 is 1.94 bits per heavy atom. The molecule has 0 aliphatic rings. The zero-order chi connectivity index (χ0) is 13.1. The lowest BCUT2D eigenvalue weighted by Crippen LogP contribution is -2.16. The largest absolute Gasteiger partial charge is 0.399 e. The lowest BCUT2D eigenvalue weighted by atomic mass is 10.1. The summed E-state index contributed by atoms with van der Waals surface area (Å²) in [5.74, 6) is 0. The van der Waals surface area contributed by atoms with Gasteiger partial charge in [-0.1, -0.05) is 12.1 Å². The summed E-state index contributed by atoms with van der Waals surface area (Å²) in [6, 6.07) is 8.42. The minimum absolute atomic E-state index is 0.864. The second-order valence-corrected chi connectivity index (χ2v) is 6.91. The van der Waals surface area contributed by atoms with Crippen LogP contribution in [0.2, 0.25) is 0 Å². The van der Waals surface area contributed by atoms with Crippen LogP contribution in [0.25, 0.3) is 0 Å². The second-order valence-electron chi connectivity index (χ2n) is 4.62. The lowest BCUT2D eigenvalue weighted by molar-refractivity contribution is 0.319. The Kier molecular flexibility index (Phi) is 4.43. The van der Waals surface area contributed by atoms with E-state index in [-0.39, 0.29) is 0 Å². The number of aryl methyl sites for hydroxylation is 1. The van der Waals surface area contributed by atoms with Gasteiger partial charge in [-0.2, -0.15) is 0 Å². The number of hydrogen-bond acceptors (Lipinski definition) is 3. The van der Waals surface area contributed by atoms with Crippen molar-refractivity contribution in [2.75, 3.05) is 12.8 Å². The molecular formula is C14H17BrN2S. The number of nitrogen functional groups attached to an aromatic ring is 1. The monoisotopic (exact) mass is 324 g/mol. The highest BCUT2D eigenvalue weighted by molar-refractivity contribution is 9.11. The van der Waals surface area contributed by atoms with Crippen molar-refractivity contribution in [3.05, 3.63) is 50.1 Å². The summed E-state index contributed by atoms with van der Waals surface area (Å²) < 4.78 is 1.19. The Morgan fingerprint density at radius 3 is 2.56 bits per heavy atom. The highest BCUT2D eigenvalue weighted by Crippen LogP contribution is 2.22. The van der Waals surface area contributed by atoms with Crippen LogP contribution in [0.3, 0.4) is 0 Å². The molecule has 0 saturated heterocycles. The molecule has 1 aromatic carbocycles. The third-order valence-electron chi connectivity index (χ3n) is 2.86. The van der Waals surface area contributed by atoms with Crippen LogP contribution >= 0.6 is 27.3 Å². The van der Waals surface area contributed by atoms with Gasteiger partial charge in [-0.05, 0) is 64.1 Å². The maximum Gasteiger partial charge on any atom is 0.0701 e. The van der Waals surface area contributed by atoms with Crippen LogP contribution in [0, 0.1) is 6.92 Å². The van der Waals surface area contributed by atoms with Crippen LogP contribution in [-0.4, -0.2) is 11.9 Å². The third-order valence-corrected chi connectivity index (χ3v) is 4.41. The van der Waals surface area contributed by atoms with Gasteiger partial charge in [0, 0.05) is 18.8 Å². The number of anilines is 1. The van der Waals surface area contributed by atoms with Crippen molar-refractivity contribution in [2.45, 2.75) is 20.0 Å². The Bertz CT molecular complexity index is 536. The van der Waals surface area contributed by atoms with E-state index in [1.165, 1.54) is 14.9 Å². The van der Waals surface area contributed by atoms with Gasteiger partial charge in [-0.25, -0.2) is 0 Å². The molecule has 0 bridgehead atoms. The molecule has 2 nitrogen and oxygen atoms in total. The molecule has 2 aromatic rings. The minimum Gasteiger partial charge on any atom is -0.399 e. The van der Waals surface area contributed by atoms with E-state index in [4.69, 9.17) is 5.73 Å². The van der Waals surface area contributed by atoms with Crippen molar-refractivity contribution in [1.29, 1.82) is 0 Å². The molecule has 0 spiro atoms. The lowest BCUT2D eigenvalue weighted by Gasteiger charge is -2.16. The fraction of sp³-hybridized carbons (Fsp3) is 0.286. The molecule has 0 amide bonds. The average molecular weight is 325 g/mol. The third kappa shape index (κ3) is 3.57. The molecule has 1 aromatic heterocycles. The molecule has 0 aliphatic carbocycles. The maximum absolute atomic E-state index is 5.83. The SMILES string of the molecule is Cc1cc(CN(C)Cc2csc(Br)c2)ccc1N. The molecule has 18 heavy (non-hydrogen) atoms. The molecule has 2 N–H and O–H groups in total. The van der Waals surface area contributed by atoms with E-state index in [1.807, 2.05) is 6.07 Å². The van der Waals surface area contributed by atoms with E-state index >= 15 is 0 Å². The number of halogens is 1. The van der Waals surface area contributed by atoms with Crippen molar-refractivity contribution in [3.63, 3.8) is 0 Å². The molecule has 0 unspecified atom stereocenters. The summed E-state index contributed by atoms with van der Waals surface area (Å²) in [6.45, 7) is 3.95. The Labute approximate surface area is 121 Å². The van der Waals surface area contributed by atoms with E-state index in [0.717, 1.165) is 24.3 Å². The van der Waals surface area contributed by atoms with Crippen LogP contribution in [0.5, 0.6) is 0 Å². The van der Waals surface area contributed by atoms with E-state index in [1.54, 1.807) is 11.3 Å². The van der Waals surface area contributed by atoms with Gasteiger partial charge in [0.2, 0.25) is 0 Å². The first kappa shape index (κ1) is 13.6. The van der Waals surface area contributed by atoms with E-state index in [0.29, 0.717) is 0 Å². The molecule has 0 fully saturated rings. The van der Waals surface area contributed by atoms with Gasteiger partial charge < -0.3 is 5.73 Å². The van der Waals surface area contributed by atoms with Gasteiger partial charge in [-0.15, -0.1) is 11.3 Å². The Hall–Kier alpha value is -0.840. The fourth-order valence-electron chi connectivity index (χ4n) is 1.94. The average Bonchev–Trinajstić information content (AvgIpc) is 2.69. The van der Waals surface area contributed by atoms with Gasteiger partial charge in [0.25, 0.3) is 0 Å². The smallest absolute Gasteiger partial charge is 0.0701 e. The van der Waals surface area contributed by atoms with Gasteiger partial charge in [0.15, 0.2) is 0 Å². The topological polar surface area (TPSA) is 29.3 Å². The first-order chi connectivity index (χ1) is 8.54. The molecule has 1 heterocycles. The molecule has 0 atom stereocenters. The van der Waals surface area contributed by atoms with Crippen molar-refractivity contribution >= 4 is 33.0 Å². The van der Waals surface area contributed by atoms with Crippen LogP contribution in [0.4, 0.5) is 5.69 Å². The molecular weight excluding hydrogens is 308 g/mol. The quantitative estimate of drug-likeness (QED) is 0.860. The molecule has 0 saturated carbocycles. The van der Waals surface area contributed by atoms with Gasteiger partial charge in [0.05, 0.1) is 3.79 Å². The summed E-state index contributed by atoms with van der Waals surface area (Å²) in [6.07, 6.45) is 0. The summed E-state index contributed by atoms with van der Waals surface area (Å²) in [5, 5.41) is 2.19. The standard InChI is InChI=1S/C14H17BrN2S/c1-10-5-11(3-4-13(10)16)7-17(2)8-12-6-14(15)18-9-12/h3-6,9H,7-8,16H2,1-2H3. The van der Waals surface area contributed by atoms with Crippen molar-refractivity contribution in [1.82, 2.24) is 4.90 Å². The Balaban J connectivity index is 1.98. The number of thiophene rings is 1. The van der Waals surface area contributed by atoms with E-state index in [9.17, 15) is 0 Å². The highest BCUT2D eigenvalue weighted by atomic mass is 79.9. The van der Waals surface area contributed by atoms with Gasteiger partial charge in [0.1, 0.15) is 0 Å². The molecule has 0 aliphatic heterocycles.